The SMILES string of the molecule is c1ccc(CCCN2CCC(CNC3CC3c3ccccc3)CC2)cc1. The molecule has 138 valence electrons. The van der Waals surface area contributed by atoms with Crippen LogP contribution >= 0.6 is 0 Å². The maximum Gasteiger partial charge on any atom is 0.0143 e. The molecule has 2 atom stereocenters. The molecule has 2 aromatic carbocycles. The summed E-state index contributed by atoms with van der Waals surface area (Å²) in [5, 5.41) is 3.84. The maximum atomic E-state index is 3.84. The number of benzene rings is 2. The molecule has 0 aromatic heterocycles. The number of nitrogens with one attached hydrogen (secondary N) is 1. The molecular formula is C24H32N2. The monoisotopic (exact) mass is 348 g/mol. The van der Waals surface area contributed by atoms with E-state index >= 15 is 0 Å². The normalized spacial score (nSPS) is 23.8. The highest BCUT2D eigenvalue weighted by Gasteiger charge is 2.38. The number of likely N-dealkylation sites (tertiary alicyclic amines) is 1. The lowest BCUT2D eigenvalue weighted by atomic mass is 9.96. The largest absolute Gasteiger partial charge is 0.313 e. The third-order valence-corrected chi connectivity index (χ3v) is 6.18. The molecule has 2 aliphatic rings. The van der Waals surface area contributed by atoms with Gasteiger partial charge in [-0.15, -0.1) is 0 Å². The van der Waals surface area contributed by atoms with Gasteiger partial charge in [-0.25, -0.2) is 0 Å². The zero-order chi connectivity index (χ0) is 17.6. The number of rotatable bonds is 8. The van der Waals surface area contributed by atoms with Crippen molar-refractivity contribution in [2.75, 3.05) is 26.2 Å². The van der Waals surface area contributed by atoms with E-state index in [9.17, 15) is 0 Å². The minimum atomic E-state index is 0.723. The van der Waals surface area contributed by atoms with Crippen LogP contribution in [0.3, 0.4) is 0 Å². The Hall–Kier alpha value is -1.64. The van der Waals surface area contributed by atoms with Gasteiger partial charge in [-0.1, -0.05) is 60.7 Å². The second-order valence-corrected chi connectivity index (χ2v) is 8.14. The second-order valence-electron chi connectivity index (χ2n) is 8.14. The summed E-state index contributed by atoms with van der Waals surface area (Å²) >= 11 is 0. The van der Waals surface area contributed by atoms with Crippen molar-refractivity contribution < 1.29 is 0 Å². The highest BCUT2D eigenvalue weighted by atomic mass is 15.1. The standard InChI is InChI=1S/C24H32N2/c1-3-8-20(9-4-1)10-7-15-26-16-13-21(14-17-26)19-25-24-18-23(24)22-11-5-2-6-12-22/h1-6,8-9,11-12,21,23-25H,7,10,13-19H2. The zero-order valence-electron chi connectivity index (χ0n) is 15.8. The molecule has 0 bridgehead atoms. The molecule has 0 radical (unpaired) electrons. The van der Waals surface area contributed by atoms with E-state index in [1.807, 2.05) is 0 Å². The molecule has 1 saturated heterocycles. The van der Waals surface area contributed by atoms with Crippen LogP contribution in [0, 0.1) is 5.92 Å². The fourth-order valence-corrected chi connectivity index (χ4v) is 4.37. The van der Waals surface area contributed by atoms with E-state index in [-0.39, 0.29) is 0 Å². The predicted octanol–water partition coefficient (Wildman–Crippen LogP) is 4.48. The minimum Gasteiger partial charge on any atom is -0.313 e. The van der Waals surface area contributed by atoms with Gasteiger partial charge in [-0.3, -0.25) is 0 Å². The summed E-state index contributed by atoms with van der Waals surface area (Å²) in [4.78, 5) is 2.67. The summed E-state index contributed by atoms with van der Waals surface area (Å²) in [6.45, 7) is 5.04. The van der Waals surface area contributed by atoms with Crippen LogP contribution in [0.25, 0.3) is 0 Å². The number of piperidine rings is 1. The van der Waals surface area contributed by atoms with Crippen LogP contribution < -0.4 is 5.32 Å². The predicted molar refractivity (Wildman–Crippen MR) is 110 cm³/mol. The fourth-order valence-electron chi connectivity index (χ4n) is 4.37. The van der Waals surface area contributed by atoms with E-state index in [0.717, 1.165) is 17.9 Å². The third-order valence-electron chi connectivity index (χ3n) is 6.18. The maximum absolute atomic E-state index is 3.84. The summed E-state index contributed by atoms with van der Waals surface area (Å²) < 4.78 is 0. The topological polar surface area (TPSA) is 15.3 Å². The van der Waals surface area contributed by atoms with Gasteiger partial charge in [0.15, 0.2) is 0 Å². The minimum absolute atomic E-state index is 0.723. The van der Waals surface area contributed by atoms with Gasteiger partial charge in [0.2, 0.25) is 0 Å². The lowest BCUT2D eigenvalue weighted by Gasteiger charge is -2.32. The first-order valence-electron chi connectivity index (χ1n) is 10.4. The fraction of sp³-hybridized carbons (Fsp3) is 0.500. The van der Waals surface area contributed by atoms with Gasteiger partial charge in [-0.2, -0.15) is 0 Å². The van der Waals surface area contributed by atoms with Crippen LogP contribution in [-0.4, -0.2) is 37.1 Å². The smallest absolute Gasteiger partial charge is 0.0143 e. The molecule has 1 aliphatic heterocycles. The summed E-state index contributed by atoms with van der Waals surface area (Å²) in [5.74, 6) is 1.63. The average Bonchev–Trinajstić information content (AvgIpc) is 3.49. The number of hydrogen-bond donors (Lipinski definition) is 1. The van der Waals surface area contributed by atoms with Crippen molar-refractivity contribution in [1.29, 1.82) is 0 Å². The molecule has 4 rings (SSSR count). The molecular weight excluding hydrogens is 316 g/mol. The molecule has 1 saturated carbocycles. The summed E-state index contributed by atoms with van der Waals surface area (Å²) in [6, 6.07) is 22.6. The summed E-state index contributed by atoms with van der Waals surface area (Å²) in [7, 11) is 0. The Morgan fingerprint density at radius 3 is 2.31 bits per heavy atom. The van der Waals surface area contributed by atoms with Gasteiger partial charge in [0.05, 0.1) is 0 Å². The highest BCUT2D eigenvalue weighted by molar-refractivity contribution is 5.27. The van der Waals surface area contributed by atoms with Gasteiger partial charge < -0.3 is 10.2 Å². The molecule has 2 aromatic rings. The van der Waals surface area contributed by atoms with E-state index in [1.165, 1.54) is 69.4 Å². The van der Waals surface area contributed by atoms with Crippen molar-refractivity contribution in [1.82, 2.24) is 10.2 Å². The molecule has 2 heteroatoms. The number of aryl methyl sites for hydroxylation is 1. The van der Waals surface area contributed by atoms with E-state index in [2.05, 4.69) is 70.9 Å². The van der Waals surface area contributed by atoms with Gasteiger partial charge in [-0.05, 0) is 75.3 Å². The Morgan fingerprint density at radius 2 is 1.58 bits per heavy atom. The Balaban J connectivity index is 1.10. The number of nitrogens with zero attached hydrogens (tertiary/aromatic N) is 1. The van der Waals surface area contributed by atoms with Crippen LogP contribution in [0.2, 0.25) is 0 Å². The van der Waals surface area contributed by atoms with Crippen molar-refractivity contribution >= 4 is 0 Å². The molecule has 0 amide bonds. The lowest BCUT2D eigenvalue weighted by molar-refractivity contribution is 0.180. The molecule has 1 N–H and O–H groups in total. The first kappa shape index (κ1) is 17.8. The first-order valence-corrected chi connectivity index (χ1v) is 10.4. The first-order chi connectivity index (χ1) is 12.9. The third kappa shape index (κ3) is 4.96. The van der Waals surface area contributed by atoms with Crippen LogP contribution in [0.4, 0.5) is 0 Å². The Morgan fingerprint density at radius 1 is 0.885 bits per heavy atom. The molecule has 2 fully saturated rings. The Kier molecular flexibility index (Phi) is 6.03. The second kappa shape index (κ2) is 8.83. The van der Waals surface area contributed by atoms with Gasteiger partial charge in [0.1, 0.15) is 0 Å². The van der Waals surface area contributed by atoms with Crippen LogP contribution in [0.1, 0.15) is 42.7 Å². The Bertz CT molecular complexity index is 646. The molecule has 0 spiro atoms. The average molecular weight is 349 g/mol. The van der Waals surface area contributed by atoms with Gasteiger partial charge >= 0.3 is 0 Å². The van der Waals surface area contributed by atoms with Crippen LogP contribution in [0.5, 0.6) is 0 Å². The van der Waals surface area contributed by atoms with E-state index < -0.39 is 0 Å². The summed E-state index contributed by atoms with van der Waals surface area (Å²) in [6.07, 6.45) is 6.54. The lowest BCUT2D eigenvalue weighted by Crippen LogP contribution is -2.38. The quantitative estimate of drug-likeness (QED) is 0.757. The summed E-state index contributed by atoms with van der Waals surface area (Å²) in [5.41, 5.74) is 2.99. The van der Waals surface area contributed by atoms with E-state index in [1.54, 1.807) is 0 Å². The van der Waals surface area contributed by atoms with Crippen LogP contribution in [-0.2, 0) is 6.42 Å². The molecule has 26 heavy (non-hydrogen) atoms. The molecule has 1 aliphatic carbocycles. The van der Waals surface area contributed by atoms with Crippen molar-refractivity contribution in [3.8, 4) is 0 Å². The molecule has 2 nitrogen and oxygen atoms in total. The van der Waals surface area contributed by atoms with Crippen molar-refractivity contribution in [2.45, 2.75) is 44.1 Å². The van der Waals surface area contributed by atoms with Crippen molar-refractivity contribution in [3.05, 3.63) is 71.8 Å². The highest BCUT2D eigenvalue weighted by Crippen LogP contribution is 2.40. The van der Waals surface area contributed by atoms with Gasteiger partial charge in [0.25, 0.3) is 0 Å². The van der Waals surface area contributed by atoms with E-state index in [0.29, 0.717) is 0 Å². The number of hydrogen-bond acceptors (Lipinski definition) is 2. The van der Waals surface area contributed by atoms with Crippen molar-refractivity contribution in [3.63, 3.8) is 0 Å². The molecule has 2 unspecified atom stereocenters. The van der Waals surface area contributed by atoms with E-state index in [4.69, 9.17) is 0 Å². The van der Waals surface area contributed by atoms with Crippen LogP contribution in [0.15, 0.2) is 60.7 Å². The van der Waals surface area contributed by atoms with Gasteiger partial charge in [0, 0.05) is 12.0 Å². The van der Waals surface area contributed by atoms with Crippen molar-refractivity contribution in [2.24, 2.45) is 5.92 Å². The zero-order valence-corrected chi connectivity index (χ0v) is 15.8. The molecule has 1 heterocycles. The Labute approximate surface area is 158 Å².